The molecule has 0 radical (unpaired) electrons. The number of aromatic nitrogens is 1. The highest BCUT2D eigenvalue weighted by Crippen LogP contribution is 2.27. The smallest absolute Gasteiger partial charge is 0.119 e. The molecule has 0 saturated heterocycles. The monoisotopic (exact) mass is 258 g/mol. The van der Waals surface area contributed by atoms with Crippen molar-refractivity contribution in [1.29, 1.82) is 0 Å². The molecule has 0 amide bonds. The molecule has 1 heterocycles. The first-order valence-corrected chi connectivity index (χ1v) is 6.22. The fraction of sp³-hybridized carbons (Fsp3) is 0.267. The van der Waals surface area contributed by atoms with E-state index in [-0.39, 0.29) is 6.10 Å². The summed E-state index contributed by atoms with van der Waals surface area (Å²) < 4.78 is 5.56. The zero-order chi connectivity index (χ0) is 13.8. The van der Waals surface area contributed by atoms with Gasteiger partial charge in [0.2, 0.25) is 0 Å². The van der Waals surface area contributed by atoms with E-state index in [4.69, 9.17) is 10.5 Å². The van der Waals surface area contributed by atoms with E-state index in [1.807, 2.05) is 38.1 Å². The van der Waals surface area contributed by atoms with Crippen LogP contribution in [0.3, 0.4) is 0 Å². The molecule has 0 aliphatic carbocycles. The van der Waals surface area contributed by atoms with Gasteiger partial charge >= 0.3 is 0 Å². The topological polar surface area (TPSA) is 68.4 Å². The summed E-state index contributed by atoms with van der Waals surface area (Å²) in [6.45, 7) is 3.94. The van der Waals surface area contributed by atoms with Gasteiger partial charge < -0.3 is 15.6 Å². The van der Waals surface area contributed by atoms with E-state index in [1.165, 1.54) is 0 Å². The number of nitrogens with zero attached hydrogens (tertiary/aromatic N) is 1. The van der Waals surface area contributed by atoms with E-state index in [1.54, 1.807) is 18.5 Å². The van der Waals surface area contributed by atoms with Gasteiger partial charge in [0.1, 0.15) is 11.9 Å². The van der Waals surface area contributed by atoms with Gasteiger partial charge in [0, 0.05) is 23.6 Å². The molecule has 2 aromatic rings. The molecule has 2 rings (SSSR count). The van der Waals surface area contributed by atoms with Crippen molar-refractivity contribution in [3.63, 3.8) is 0 Å². The first kappa shape index (κ1) is 13.4. The van der Waals surface area contributed by atoms with Crippen LogP contribution in [0.1, 0.15) is 31.1 Å². The normalized spacial score (nSPS) is 12.4. The van der Waals surface area contributed by atoms with Crippen LogP contribution in [-0.4, -0.2) is 16.2 Å². The maximum absolute atomic E-state index is 10.3. The Bertz CT molecular complexity index is 538. The van der Waals surface area contributed by atoms with E-state index in [9.17, 15) is 5.11 Å². The Morgan fingerprint density at radius 2 is 1.84 bits per heavy atom. The van der Waals surface area contributed by atoms with Gasteiger partial charge in [-0.1, -0.05) is 12.1 Å². The summed E-state index contributed by atoms with van der Waals surface area (Å²) in [7, 11) is 0. The third kappa shape index (κ3) is 3.23. The van der Waals surface area contributed by atoms with Crippen LogP contribution in [0.2, 0.25) is 0 Å². The van der Waals surface area contributed by atoms with Crippen molar-refractivity contribution in [2.45, 2.75) is 26.1 Å². The van der Waals surface area contributed by atoms with Gasteiger partial charge in [-0.05, 0) is 37.6 Å². The maximum Gasteiger partial charge on any atom is 0.119 e. The summed E-state index contributed by atoms with van der Waals surface area (Å²) in [4.78, 5) is 3.98. The van der Waals surface area contributed by atoms with Crippen molar-refractivity contribution in [2.24, 2.45) is 0 Å². The standard InChI is InChI=1S/C15H18N2O2/c1-10(2)19-12-5-3-11(4-6-12)15(18)13-9-17-8-7-14(13)16/h3-10,15,18H,1-2H3,(H2,16,17). The Kier molecular flexibility index (Phi) is 4.02. The third-order valence-corrected chi connectivity index (χ3v) is 2.75. The van der Waals surface area contributed by atoms with Crippen molar-refractivity contribution >= 4 is 5.69 Å². The Morgan fingerprint density at radius 1 is 1.16 bits per heavy atom. The highest BCUT2D eigenvalue weighted by atomic mass is 16.5. The molecular formula is C15H18N2O2. The Hall–Kier alpha value is -2.07. The lowest BCUT2D eigenvalue weighted by Gasteiger charge is -2.14. The molecule has 0 bridgehead atoms. The van der Waals surface area contributed by atoms with Gasteiger partial charge in [0.05, 0.1) is 6.10 Å². The number of aliphatic hydroxyl groups excluding tert-OH is 1. The molecule has 1 unspecified atom stereocenters. The number of benzene rings is 1. The van der Waals surface area contributed by atoms with Gasteiger partial charge in [0.15, 0.2) is 0 Å². The predicted molar refractivity (Wildman–Crippen MR) is 74.9 cm³/mol. The molecule has 1 atom stereocenters. The fourth-order valence-electron chi connectivity index (χ4n) is 1.83. The Morgan fingerprint density at radius 3 is 2.42 bits per heavy atom. The summed E-state index contributed by atoms with van der Waals surface area (Å²) in [5.41, 5.74) is 7.73. The quantitative estimate of drug-likeness (QED) is 0.884. The molecule has 4 heteroatoms. The maximum atomic E-state index is 10.3. The van der Waals surface area contributed by atoms with E-state index >= 15 is 0 Å². The van der Waals surface area contributed by atoms with Crippen molar-refractivity contribution < 1.29 is 9.84 Å². The minimum atomic E-state index is -0.776. The molecule has 19 heavy (non-hydrogen) atoms. The summed E-state index contributed by atoms with van der Waals surface area (Å²) in [6.07, 6.45) is 2.54. The lowest BCUT2D eigenvalue weighted by Crippen LogP contribution is -2.06. The number of hydrogen-bond acceptors (Lipinski definition) is 4. The molecule has 0 aliphatic rings. The zero-order valence-electron chi connectivity index (χ0n) is 11.1. The SMILES string of the molecule is CC(C)Oc1ccc(C(O)c2cnccc2N)cc1. The summed E-state index contributed by atoms with van der Waals surface area (Å²) in [5, 5.41) is 10.3. The second-order valence-electron chi connectivity index (χ2n) is 4.64. The van der Waals surface area contributed by atoms with E-state index in [2.05, 4.69) is 4.98 Å². The van der Waals surface area contributed by atoms with Crippen molar-refractivity contribution in [3.8, 4) is 5.75 Å². The zero-order valence-corrected chi connectivity index (χ0v) is 11.1. The van der Waals surface area contributed by atoms with Gasteiger partial charge in [0.25, 0.3) is 0 Å². The molecule has 3 N–H and O–H groups in total. The second kappa shape index (κ2) is 5.71. The molecule has 1 aromatic heterocycles. The van der Waals surface area contributed by atoms with E-state index < -0.39 is 6.10 Å². The molecule has 4 nitrogen and oxygen atoms in total. The molecule has 0 fully saturated rings. The molecule has 0 spiro atoms. The fourth-order valence-corrected chi connectivity index (χ4v) is 1.83. The first-order valence-electron chi connectivity index (χ1n) is 6.22. The van der Waals surface area contributed by atoms with Crippen LogP contribution in [0, 0.1) is 0 Å². The van der Waals surface area contributed by atoms with Gasteiger partial charge in [-0.15, -0.1) is 0 Å². The van der Waals surface area contributed by atoms with Crippen molar-refractivity contribution in [2.75, 3.05) is 5.73 Å². The number of anilines is 1. The van der Waals surface area contributed by atoms with E-state index in [0.717, 1.165) is 11.3 Å². The Labute approximate surface area is 112 Å². The summed E-state index contributed by atoms with van der Waals surface area (Å²) in [6, 6.07) is 9.01. The van der Waals surface area contributed by atoms with E-state index in [0.29, 0.717) is 11.3 Å². The van der Waals surface area contributed by atoms with Crippen LogP contribution in [0.4, 0.5) is 5.69 Å². The highest BCUT2D eigenvalue weighted by molar-refractivity contribution is 5.49. The third-order valence-electron chi connectivity index (χ3n) is 2.75. The minimum Gasteiger partial charge on any atom is -0.491 e. The number of hydrogen-bond donors (Lipinski definition) is 2. The van der Waals surface area contributed by atoms with Crippen LogP contribution < -0.4 is 10.5 Å². The molecule has 0 aliphatic heterocycles. The number of nitrogens with two attached hydrogens (primary N) is 1. The number of rotatable bonds is 4. The molecule has 100 valence electrons. The van der Waals surface area contributed by atoms with Crippen molar-refractivity contribution in [3.05, 3.63) is 53.9 Å². The second-order valence-corrected chi connectivity index (χ2v) is 4.64. The average Bonchev–Trinajstić information content (AvgIpc) is 2.39. The summed E-state index contributed by atoms with van der Waals surface area (Å²) in [5.74, 6) is 0.783. The summed E-state index contributed by atoms with van der Waals surface area (Å²) >= 11 is 0. The largest absolute Gasteiger partial charge is 0.491 e. The number of nitrogen functional groups attached to an aromatic ring is 1. The van der Waals surface area contributed by atoms with Crippen LogP contribution in [0.15, 0.2) is 42.7 Å². The van der Waals surface area contributed by atoms with Gasteiger partial charge in [-0.3, -0.25) is 4.98 Å². The lowest BCUT2D eigenvalue weighted by molar-refractivity contribution is 0.219. The highest BCUT2D eigenvalue weighted by Gasteiger charge is 2.13. The first-order chi connectivity index (χ1) is 9.08. The molecule has 1 aromatic carbocycles. The number of pyridine rings is 1. The average molecular weight is 258 g/mol. The number of aliphatic hydroxyl groups is 1. The van der Waals surface area contributed by atoms with Crippen LogP contribution in [0.25, 0.3) is 0 Å². The molecule has 0 saturated carbocycles. The molecular weight excluding hydrogens is 240 g/mol. The van der Waals surface area contributed by atoms with Gasteiger partial charge in [-0.25, -0.2) is 0 Å². The van der Waals surface area contributed by atoms with Crippen LogP contribution in [0.5, 0.6) is 5.75 Å². The van der Waals surface area contributed by atoms with Crippen molar-refractivity contribution in [1.82, 2.24) is 4.98 Å². The minimum absolute atomic E-state index is 0.129. The Balaban J connectivity index is 2.20. The van der Waals surface area contributed by atoms with Crippen LogP contribution in [-0.2, 0) is 0 Å². The van der Waals surface area contributed by atoms with Crippen LogP contribution >= 0.6 is 0 Å². The number of ether oxygens (including phenoxy) is 1. The lowest BCUT2D eigenvalue weighted by atomic mass is 10.0. The predicted octanol–water partition coefficient (Wildman–Crippen LogP) is 2.53. The van der Waals surface area contributed by atoms with Gasteiger partial charge in [-0.2, -0.15) is 0 Å².